The summed E-state index contributed by atoms with van der Waals surface area (Å²) in [5.41, 5.74) is 7.70. The minimum atomic E-state index is 0.647. The molecule has 0 aliphatic heterocycles. The molecular formula is C49H31N3. The molecule has 1 aromatic heterocycles. The molecule has 0 radical (unpaired) electrons. The summed E-state index contributed by atoms with van der Waals surface area (Å²) in [4.78, 5) is 15.2. The summed E-state index contributed by atoms with van der Waals surface area (Å²) in [7, 11) is 0. The molecular weight excluding hydrogens is 631 g/mol. The molecule has 3 nitrogen and oxygen atoms in total. The SMILES string of the molecule is c1ccc(-c2cc(-c3ccc4cc(-c5nc(-c6ccc7ccccc7c6)nc(-c6ccc7ccccc7c6)n5)ccc4c3)c3ccccc3c2)cc1. The van der Waals surface area contributed by atoms with E-state index in [0.717, 1.165) is 38.2 Å². The van der Waals surface area contributed by atoms with E-state index in [4.69, 9.17) is 15.0 Å². The molecule has 0 atom stereocenters. The van der Waals surface area contributed by atoms with Gasteiger partial charge in [-0.15, -0.1) is 0 Å². The molecule has 0 N–H and O–H groups in total. The number of fused-ring (bicyclic) bond motifs is 4. The first-order chi connectivity index (χ1) is 25.7. The number of rotatable bonds is 5. The van der Waals surface area contributed by atoms with Crippen LogP contribution in [0, 0.1) is 0 Å². The van der Waals surface area contributed by atoms with Gasteiger partial charge in [-0.1, -0.05) is 152 Å². The van der Waals surface area contributed by atoms with Crippen LogP contribution in [-0.4, -0.2) is 15.0 Å². The Morgan fingerprint density at radius 2 is 0.615 bits per heavy atom. The van der Waals surface area contributed by atoms with Crippen molar-refractivity contribution in [2.75, 3.05) is 0 Å². The Morgan fingerprint density at radius 1 is 0.231 bits per heavy atom. The molecule has 0 aliphatic carbocycles. The number of hydrogen-bond donors (Lipinski definition) is 0. The highest BCUT2D eigenvalue weighted by Gasteiger charge is 2.15. The van der Waals surface area contributed by atoms with Gasteiger partial charge in [-0.2, -0.15) is 0 Å². The van der Waals surface area contributed by atoms with Crippen LogP contribution in [0.15, 0.2) is 188 Å². The standard InChI is InChI=1S/C49H31N3/c1-2-10-32(11-3-1)44-30-39-16-8-9-17-45(39)46(31-44)40-22-20-38-29-43(25-21-37(38)26-40)49-51-47(41-23-18-33-12-4-6-14-35(33)27-41)50-48(52-49)42-24-19-34-13-5-7-15-36(34)28-42/h1-31H. The van der Waals surface area contributed by atoms with Crippen LogP contribution in [0.2, 0.25) is 0 Å². The molecule has 0 fully saturated rings. The van der Waals surface area contributed by atoms with Crippen molar-refractivity contribution in [1.82, 2.24) is 15.0 Å². The average molecular weight is 662 g/mol. The van der Waals surface area contributed by atoms with Crippen molar-refractivity contribution in [2.24, 2.45) is 0 Å². The second-order valence-electron chi connectivity index (χ2n) is 13.3. The van der Waals surface area contributed by atoms with Crippen molar-refractivity contribution in [3.63, 3.8) is 0 Å². The van der Waals surface area contributed by atoms with Crippen LogP contribution < -0.4 is 0 Å². The van der Waals surface area contributed by atoms with Gasteiger partial charge < -0.3 is 0 Å². The van der Waals surface area contributed by atoms with E-state index in [1.165, 1.54) is 43.8 Å². The molecule has 10 rings (SSSR count). The molecule has 0 bridgehead atoms. The summed E-state index contributed by atoms with van der Waals surface area (Å²) >= 11 is 0. The Morgan fingerprint density at radius 3 is 1.17 bits per heavy atom. The zero-order chi connectivity index (χ0) is 34.4. The van der Waals surface area contributed by atoms with Crippen molar-refractivity contribution in [2.45, 2.75) is 0 Å². The maximum Gasteiger partial charge on any atom is 0.164 e. The monoisotopic (exact) mass is 661 g/mol. The predicted octanol–water partition coefficient (Wildman–Crippen LogP) is 12.8. The highest BCUT2D eigenvalue weighted by atomic mass is 15.0. The third-order valence-electron chi connectivity index (χ3n) is 10.0. The number of benzene rings is 9. The minimum Gasteiger partial charge on any atom is -0.208 e. The van der Waals surface area contributed by atoms with Gasteiger partial charge in [0.25, 0.3) is 0 Å². The average Bonchev–Trinajstić information content (AvgIpc) is 3.22. The fraction of sp³-hybridized carbons (Fsp3) is 0. The Kier molecular flexibility index (Phi) is 7.14. The van der Waals surface area contributed by atoms with Crippen LogP contribution in [0.3, 0.4) is 0 Å². The van der Waals surface area contributed by atoms with Gasteiger partial charge in [-0.05, 0) is 102 Å². The first kappa shape index (κ1) is 29.9. The smallest absolute Gasteiger partial charge is 0.164 e. The van der Waals surface area contributed by atoms with Crippen LogP contribution in [-0.2, 0) is 0 Å². The molecule has 1 heterocycles. The summed E-state index contributed by atoms with van der Waals surface area (Å²) in [5.74, 6) is 1.95. The van der Waals surface area contributed by atoms with Gasteiger partial charge in [0.2, 0.25) is 0 Å². The van der Waals surface area contributed by atoms with Gasteiger partial charge in [0, 0.05) is 16.7 Å². The molecule has 0 unspecified atom stereocenters. The van der Waals surface area contributed by atoms with Gasteiger partial charge in [-0.3, -0.25) is 0 Å². The van der Waals surface area contributed by atoms with E-state index in [1.807, 2.05) is 0 Å². The first-order valence-corrected chi connectivity index (χ1v) is 17.6. The van der Waals surface area contributed by atoms with Crippen molar-refractivity contribution < 1.29 is 0 Å². The molecule has 9 aromatic carbocycles. The predicted molar refractivity (Wildman–Crippen MR) is 217 cm³/mol. The Bertz CT molecular complexity index is 2870. The minimum absolute atomic E-state index is 0.647. The topological polar surface area (TPSA) is 38.7 Å². The first-order valence-electron chi connectivity index (χ1n) is 17.6. The second-order valence-corrected chi connectivity index (χ2v) is 13.3. The summed E-state index contributed by atoms with van der Waals surface area (Å²) < 4.78 is 0. The van der Waals surface area contributed by atoms with Gasteiger partial charge >= 0.3 is 0 Å². The normalized spacial score (nSPS) is 11.5. The molecule has 3 heteroatoms. The molecule has 242 valence electrons. The summed E-state index contributed by atoms with van der Waals surface area (Å²) in [6.07, 6.45) is 0. The van der Waals surface area contributed by atoms with E-state index in [2.05, 4.69) is 188 Å². The number of hydrogen-bond acceptors (Lipinski definition) is 3. The Labute approximate surface area is 301 Å². The number of aromatic nitrogens is 3. The molecule has 10 aromatic rings. The number of nitrogens with zero attached hydrogens (tertiary/aromatic N) is 3. The van der Waals surface area contributed by atoms with Crippen LogP contribution in [0.25, 0.3) is 99.5 Å². The Hall–Kier alpha value is -6.97. The molecule has 0 saturated heterocycles. The zero-order valence-electron chi connectivity index (χ0n) is 28.2. The summed E-state index contributed by atoms with van der Waals surface area (Å²) in [5, 5.41) is 9.43. The lowest BCUT2D eigenvalue weighted by Gasteiger charge is -2.13. The lowest BCUT2D eigenvalue weighted by molar-refractivity contribution is 1.08. The molecule has 0 aliphatic rings. The third-order valence-corrected chi connectivity index (χ3v) is 10.0. The van der Waals surface area contributed by atoms with Crippen LogP contribution in [0.4, 0.5) is 0 Å². The van der Waals surface area contributed by atoms with Crippen molar-refractivity contribution in [3.05, 3.63) is 188 Å². The fourth-order valence-electron chi connectivity index (χ4n) is 7.32. The van der Waals surface area contributed by atoms with Gasteiger partial charge in [0.05, 0.1) is 0 Å². The molecule has 0 amide bonds. The van der Waals surface area contributed by atoms with Crippen LogP contribution in [0.1, 0.15) is 0 Å². The van der Waals surface area contributed by atoms with Crippen molar-refractivity contribution >= 4 is 43.1 Å². The molecule has 52 heavy (non-hydrogen) atoms. The van der Waals surface area contributed by atoms with E-state index < -0.39 is 0 Å². The van der Waals surface area contributed by atoms with Crippen LogP contribution >= 0.6 is 0 Å². The summed E-state index contributed by atoms with van der Waals surface area (Å²) in [6.45, 7) is 0. The maximum atomic E-state index is 5.09. The van der Waals surface area contributed by atoms with E-state index >= 15 is 0 Å². The third kappa shape index (κ3) is 5.46. The van der Waals surface area contributed by atoms with E-state index in [1.54, 1.807) is 0 Å². The van der Waals surface area contributed by atoms with E-state index in [0.29, 0.717) is 17.5 Å². The largest absolute Gasteiger partial charge is 0.208 e. The van der Waals surface area contributed by atoms with Gasteiger partial charge in [-0.25, -0.2) is 15.0 Å². The quantitative estimate of drug-likeness (QED) is 0.184. The summed E-state index contributed by atoms with van der Waals surface area (Å²) in [6, 6.07) is 66.7. The van der Waals surface area contributed by atoms with Crippen LogP contribution in [0.5, 0.6) is 0 Å². The second kappa shape index (κ2) is 12.4. The fourth-order valence-corrected chi connectivity index (χ4v) is 7.32. The van der Waals surface area contributed by atoms with Gasteiger partial charge in [0.1, 0.15) is 0 Å². The van der Waals surface area contributed by atoms with Crippen molar-refractivity contribution in [1.29, 1.82) is 0 Å². The lowest BCUT2D eigenvalue weighted by Crippen LogP contribution is -2.00. The maximum absolute atomic E-state index is 5.09. The zero-order valence-corrected chi connectivity index (χ0v) is 28.2. The highest BCUT2D eigenvalue weighted by molar-refractivity contribution is 6.02. The lowest BCUT2D eigenvalue weighted by atomic mass is 9.92. The molecule has 0 spiro atoms. The van der Waals surface area contributed by atoms with Gasteiger partial charge in [0.15, 0.2) is 17.5 Å². The molecule has 0 saturated carbocycles. The van der Waals surface area contributed by atoms with E-state index in [-0.39, 0.29) is 0 Å². The van der Waals surface area contributed by atoms with E-state index in [9.17, 15) is 0 Å². The highest BCUT2D eigenvalue weighted by Crippen LogP contribution is 2.36. The van der Waals surface area contributed by atoms with Crippen molar-refractivity contribution in [3.8, 4) is 56.4 Å². The Balaban J connectivity index is 1.10.